The molecule has 0 aliphatic carbocycles. The van der Waals surface area contributed by atoms with E-state index in [1.165, 1.54) is 6.07 Å². The highest BCUT2D eigenvalue weighted by Crippen LogP contribution is 2.33. The van der Waals surface area contributed by atoms with E-state index in [1.807, 2.05) is 43.3 Å². The lowest BCUT2D eigenvalue weighted by molar-refractivity contribution is 0.0383. The van der Waals surface area contributed by atoms with Crippen molar-refractivity contribution in [3.05, 3.63) is 107 Å². The number of halogens is 1. The maximum atomic E-state index is 14.8. The minimum absolute atomic E-state index is 0. The van der Waals surface area contributed by atoms with Gasteiger partial charge < -0.3 is 15.4 Å². The van der Waals surface area contributed by atoms with Crippen LogP contribution in [0, 0.1) is 12.7 Å². The van der Waals surface area contributed by atoms with Crippen LogP contribution in [0.5, 0.6) is 0 Å². The fourth-order valence-corrected chi connectivity index (χ4v) is 5.10. The molecule has 2 N–H and O–H groups in total. The number of aromatic nitrogens is 2. The predicted octanol–water partition coefficient (Wildman–Crippen LogP) is 5.38. The number of benzene rings is 3. The molecule has 2 aliphatic heterocycles. The van der Waals surface area contributed by atoms with Crippen molar-refractivity contribution in [2.45, 2.75) is 20.9 Å². The number of hydrogen-bond acceptors (Lipinski definition) is 7. The largest absolute Gasteiger partial charge is 0.379 e. The maximum Gasteiger partial charge on any atom is 0.251 e. The first-order chi connectivity index (χ1) is 20.0. The van der Waals surface area contributed by atoms with Gasteiger partial charge in [-0.2, -0.15) is 0 Å². The van der Waals surface area contributed by atoms with Crippen molar-refractivity contribution in [3.63, 3.8) is 0 Å². The standard InChI is InChI=1S/C32H31FN6O2.CH4/c1-21-6-11-25-27(18-21)30(26-4-2-3-5-28(26)33)35-19-23-20-36-32(38-29(23)25)37-24-9-7-22(8-10-24)31(40)34-12-13-39-14-16-41-17-15-39;/h2-11,18,20H,12-17,19H2,1H3,(H,34,40)(H,36,37,38);1H4. The summed E-state index contributed by atoms with van der Waals surface area (Å²) in [5.74, 6) is 0.00306. The van der Waals surface area contributed by atoms with Crippen molar-refractivity contribution in [1.82, 2.24) is 20.2 Å². The lowest BCUT2D eigenvalue weighted by Crippen LogP contribution is -2.41. The van der Waals surface area contributed by atoms with Crippen molar-refractivity contribution in [3.8, 4) is 11.3 Å². The first-order valence-electron chi connectivity index (χ1n) is 13.8. The van der Waals surface area contributed by atoms with E-state index in [2.05, 4.69) is 20.5 Å². The molecule has 1 saturated heterocycles. The zero-order valence-electron chi connectivity index (χ0n) is 22.9. The summed E-state index contributed by atoms with van der Waals surface area (Å²) in [5.41, 5.74) is 6.78. The number of hydrogen-bond donors (Lipinski definition) is 2. The Morgan fingerprint density at radius 3 is 2.57 bits per heavy atom. The molecule has 42 heavy (non-hydrogen) atoms. The second-order valence-electron chi connectivity index (χ2n) is 10.2. The molecule has 6 rings (SSSR count). The Balaban J connectivity index is 0.00000353. The normalized spacial score (nSPS) is 14.5. The van der Waals surface area contributed by atoms with Crippen molar-refractivity contribution < 1.29 is 13.9 Å². The smallest absolute Gasteiger partial charge is 0.251 e. The van der Waals surface area contributed by atoms with Crippen LogP contribution in [-0.2, 0) is 11.3 Å². The van der Waals surface area contributed by atoms with Gasteiger partial charge in [-0.15, -0.1) is 0 Å². The quantitative estimate of drug-likeness (QED) is 0.312. The third-order valence-electron chi connectivity index (χ3n) is 7.31. The average molecular weight is 567 g/mol. The van der Waals surface area contributed by atoms with E-state index in [1.54, 1.807) is 30.5 Å². The summed E-state index contributed by atoms with van der Waals surface area (Å²) in [5, 5.41) is 6.24. The van der Waals surface area contributed by atoms with Crippen molar-refractivity contribution in [2.75, 3.05) is 44.7 Å². The lowest BCUT2D eigenvalue weighted by atomic mass is 9.93. The van der Waals surface area contributed by atoms with Gasteiger partial charge in [0.15, 0.2) is 0 Å². The lowest BCUT2D eigenvalue weighted by Gasteiger charge is -2.26. The minimum Gasteiger partial charge on any atom is -0.379 e. The number of carbonyl (C=O) groups is 1. The summed E-state index contributed by atoms with van der Waals surface area (Å²) in [7, 11) is 0. The third kappa shape index (κ3) is 6.37. The molecule has 1 aromatic heterocycles. The van der Waals surface area contributed by atoms with E-state index in [0.717, 1.165) is 66.5 Å². The summed E-state index contributed by atoms with van der Waals surface area (Å²) in [6.45, 7) is 7.01. The van der Waals surface area contributed by atoms with Gasteiger partial charge in [-0.3, -0.25) is 14.7 Å². The molecule has 1 fully saturated rings. The molecule has 0 atom stereocenters. The van der Waals surface area contributed by atoms with Crippen molar-refractivity contribution >= 4 is 23.3 Å². The Morgan fingerprint density at radius 1 is 1.00 bits per heavy atom. The first-order valence-corrected chi connectivity index (χ1v) is 13.8. The number of nitrogens with zero attached hydrogens (tertiary/aromatic N) is 4. The number of aliphatic imine (C=N–C) groups is 1. The molecule has 4 aromatic rings. The van der Waals surface area contributed by atoms with Crippen LogP contribution in [0.2, 0.25) is 0 Å². The molecule has 0 radical (unpaired) electrons. The molecule has 0 saturated carbocycles. The van der Waals surface area contributed by atoms with E-state index in [0.29, 0.717) is 35.9 Å². The zero-order chi connectivity index (χ0) is 28.2. The molecule has 0 unspecified atom stereocenters. The Hall–Kier alpha value is -4.47. The number of aryl methyl sites for hydroxylation is 1. The highest BCUT2D eigenvalue weighted by atomic mass is 19.1. The van der Waals surface area contributed by atoms with Gasteiger partial charge in [-0.05, 0) is 49.4 Å². The van der Waals surface area contributed by atoms with Gasteiger partial charge in [0.1, 0.15) is 5.82 Å². The van der Waals surface area contributed by atoms with Crippen LogP contribution < -0.4 is 10.6 Å². The molecular weight excluding hydrogens is 531 g/mol. The van der Waals surface area contributed by atoms with Crippen LogP contribution >= 0.6 is 0 Å². The minimum atomic E-state index is -0.313. The summed E-state index contributed by atoms with van der Waals surface area (Å²) in [4.78, 5) is 29.1. The number of fused-ring (bicyclic) bond motifs is 3. The Bertz CT molecular complexity index is 1600. The maximum absolute atomic E-state index is 14.8. The van der Waals surface area contributed by atoms with Gasteiger partial charge >= 0.3 is 0 Å². The van der Waals surface area contributed by atoms with E-state index in [4.69, 9.17) is 14.7 Å². The van der Waals surface area contributed by atoms with E-state index >= 15 is 0 Å². The first kappa shape index (κ1) is 29.0. The van der Waals surface area contributed by atoms with Crippen LogP contribution in [0.15, 0.2) is 77.9 Å². The molecule has 216 valence electrons. The molecule has 9 heteroatoms. The number of anilines is 2. The Labute approximate surface area is 245 Å². The molecular formula is C33H35FN6O2. The van der Waals surface area contributed by atoms with Crippen LogP contribution in [0.3, 0.4) is 0 Å². The SMILES string of the molecule is C.Cc1ccc2c(c1)C(c1ccccc1F)=NCc1cnc(Nc3ccc(C(=O)NCCN4CCOCC4)cc3)nc1-2. The number of rotatable bonds is 7. The highest BCUT2D eigenvalue weighted by molar-refractivity contribution is 6.17. The second kappa shape index (κ2) is 13.0. The summed E-state index contributed by atoms with van der Waals surface area (Å²) in [6, 6.07) is 20.0. The van der Waals surface area contributed by atoms with E-state index < -0.39 is 0 Å². The highest BCUT2D eigenvalue weighted by Gasteiger charge is 2.23. The van der Waals surface area contributed by atoms with Gasteiger partial charge in [-0.25, -0.2) is 14.4 Å². The van der Waals surface area contributed by atoms with Crippen LogP contribution in [0.1, 0.15) is 40.0 Å². The van der Waals surface area contributed by atoms with Gasteiger partial charge in [-0.1, -0.05) is 37.3 Å². The van der Waals surface area contributed by atoms with Gasteiger partial charge in [0.25, 0.3) is 5.91 Å². The predicted molar refractivity (Wildman–Crippen MR) is 164 cm³/mol. The van der Waals surface area contributed by atoms with Gasteiger partial charge in [0.2, 0.25) is 5.95 Å². The molecule has 2 aliphatic rings. The number of amides is 1. The molecule has 1 amide bonds. The number of carbonyl (C=O) groups excluding carboxylic acids is 1. The monoisotopic (exact) mass is 566 g/mol. The number of ether oxygens (including phenoxy) is 1. The van der Waals surface area contributed by atoms with Gasteiger partial charge in [0.05, 0.1) is 31.2 Å². The Morgan fingerprint density at radius 2 is 1.79 bits per heavy atom. The van der Waals surface area contributed by atoms with Gasteiger partial charge in [0, 0.05) is 65.9 Å². The van der Waals surface area contributed by atoms with Crippen LogP contribution in [0.25, 0.3) is 11.3 Å². The molecule has 8 nitrogen and oxygen atoms in total. The second-order valence-corrected chi connectivity index (χ2v) is 10.2. The van der Waals surface area contributed by atoms with E-state index in [9.17, 15) is 9.18 Å². The Kier molecular flexibility index (Phi) is 9.00. The van der Waals surface area contributed by atoms with Crippen molar-refractivity contribution in [2.24, 2.45) is 4.99 Å². The number of morpholine rings is 1. The molecule has 3 heterocycles. The molecule has 3 aromatic carbocycles. The fourth-order valence-electron chi connectivity index (χ4n) is 5.10. The third-order valence-corrected chi connectivity index (χ3v) is 7.31. The molecule has 0 bridgehead atoms. The van der Waals surface area contributed by atoms with Crippen molar-refractivity contribution in [1.29, 1.82) is 0 Å². The van der Waals surface area contributed by atoms with Crippen LogP contribution in [-0.4, -0.2) is 65.9 Å². The number of nitrogens with one attached hydrogen (secondary N) is 2. The zero-order valence-corrected chi connectivity index (χ0v) is 22.9. The summed E-state index contributed by atoms with van der Waals surface area (Å²) < 4.78 is 20.2. The topological polar surface area (TPSA) is 91.7 Å². The van der Waals surface area contributed by atoms with E-state index in [-0.39, 0.29) is 19.2 Å². The summed E-state index contributed by atoms with van der Waals surface area (Å²) in [6.07, 6.45) is 1.76. The average Bonchev–Trinajstić information content (AvgIpc) is 3.14. The fraction of sp³-hybridized carbons (Fsp3) is 0.273. The summed E-state index contributed by atoms with van der Waals surface area (Å²) >= 11 is 0. The van der Waals surface area contributed by atoms with Crippen LogP contribution in [0.4, 0.5) is 16.0 Å². The molecule has 0 spiro atoms.